The Morgan fingerprint density at radius 1 is 1.19 bits per heavy atom. The summed E-state index contributed by atoms with van der Waals surface area (Å²) in [6.07, 6.45) is 3.17. The summed E-state index contributed by atoms with van der Waals surface area (Å²) in [6, 6.07) is 14.4. The van der Waals surface area contributed by atoms with Crippen LogP contribution in [0.4, 0.5) is 11.6 Å². The van der Waals surface area contributed by atoms with Gasteiger partial charge >= 0.3 is 0 Å². The van der Waals surface area contributed by atoms with Gasteiger partial charge in [0.2, 0.25) is 5.95 Å². The molecular weight excluding hydrogens is 452 g/mol. The Kier molecular flexibility index (Phi) is 4.99. The molecule has 1 fully saturated rings. The fourth-order valence-electron chi connectivity index (χ4n) is 5.18. The van der Waals surface area contributed by atoms with E-state index in [-0.39, 0.29) is 11.0 Å². The highest BCUT2D eigenvalue weighted by Gasteiger charge is 2.46. The number of nitriles is 1. The highest BCUT2D eigenvalue weighted by Crippen LogP contribution is 2.46. The first-order valence-corrected chi connectivity index (χ1v) is 12.3. The van der Waals surface area contributed by atoms with E-state index in [9.17, 15) is 10.1 Å². The first kappa shape index (κ1) is 22.4. The summed E-state index contributed by atoms with van der Waals surface area (Å²) in [5, 5.41) is 16.9. The first-order valence-electron chi connectivity index (χ1n) is 12.3. The SMILES string of the molecule is CCn1c(=O)c2cnc(Nc3ccc4c(c3)CNCC4(C)C)nc2n1-c1cccc(C2(C#N)CC2)n1. The monoisotopic (exact) mass is 480 g/mol. The van der Waals surface area contributed by atoms with Crippen LogP contribution in [0.25, 0.3) is 16.9 Å². The fourth-order valence-corrected chi connectivity index (χ4v) is 5.18. The molecule has 1 aliphatic carbocycles. The second kappa shape index (κ2) is 8.00. The molecule has 1 saturated carbocycles. The lowest BCUT2D eigenvalue weighted by Crippen LogP contribution is -2.38. The number of anilines is 2. The molecule has 9 heteroatoms. The van der Waals surface area contributed by atoms with E-state index in [1.54, 1.807) is 15.6 Å². The zero-order valence-corrected chi connectivity index (χ0v) is 20.7. The Labute approximate surface area is 208 Å². The van der Waals surface area contributed by atoms with Crippen LogP contribution < -0.4 is 16.2 Å². The summed E-state index contributed by atoms with van der Waals surface area (Å²) in [6.45, 7) is 8.60. The van der Waals surface area contributed by atoms with Gasteiger partial charge < -0.3 is 10.6 Å². The van der Waals surface area contributed by atoms with E-state index >= 15 is 0 Å². The van der Waals surface area contributed by atoms with Crippen molar-refractivity contribution in [2.45, 2.75) is 57.5 Å². The molecule has 2 N–H and O–H groups in total. The van der Waals surface area contributed by atoms with Gasteiger partial charge in [0, 0.05) is 36.9 Å². The van der Waals surface area contributed by atoms with Gasteiger partial charge in [-0.15, -0.1) is 0 Å². The number of rotatable bonds is 5. The predicted molar refractivity (Wildman–Crippen MR) is 138 cm³/mol. The Morgan fingerprint density at radius 2 is 2.03 bits per heavy atom. The third-order valence-electron chi connectivity index (χ3n) is 7.35. The Balaban J connectivity index is 1.42. The van der Waals surface area contributed by atoms with Crippen LogP contribution >= 0.6 is 0 Å². The number of aromatic nitrogens is 5. The molecule has 0 bridgehead atoms. The lowest BCUT2D eigenvalue weighted by Gasteiger charge is -2.33. The molecular formula is C27H28N8O. The van der Waals surface area contributed by atoms with Crippen LogP contribution in [-0.2, 0) is 23.9 Å². The standard InChI is InChI=1S/C27H28N8O/c1-4-34-24(36)19-14-30-25(31-18-8-9-20-17(12-18)13-29-16-26(20,2)3)33-23(19)35(34)22-7-5-6-21(32-22)27(15-28)10-11-27/h5-9,12,14,29H,4,10-11,13,16H2,1-3H3,(H,30,31,33). The molecule has 36 heavy (non-hydrogen) atoms. The van der Waals surface area contributed by atoms with Crippen molar-refractivity contribution in [2.75, 3.05) is 11.9 Å². The van der Waals surface area contributed by atoms with Gasteiger partial charge in [-0.3, -0.25) is 4.79 Å². The van der Waals surface area contributed by atoms with Crippen molar-refractivity contribution in [3.05, 3.63) is 69.8 Å². The van der Waals surface area contributed by atoms with Crippen LogP contribution in [0.2, 0.25) is 0 Å². The number of hydrogen-bond donors (Lipinski definition) is 2. The molecule has 6 rings (SSSR count). The van der Waals surface area contributed by atoms with Gasteiger partial charge in [0.1, 0.15) is 5.39 Å². The van der Waals surface area contributed by atoms with Crippen LogP contribution in [0.3, 0.4) is 0 Å². The van der Waals surface area contributed by atoms with Crippen LogP contribution in [0.15, 0.2) is 47.4 Å². The van der Waals surface area contributed by atoms with Gasteiger partial charge in [-0.1, -0.05) is 26.0 Å². The predicted octanol–water partition coefficient (Wildman–Crippen LogP) is 3.68. The minimum atomic E-state index is -0.520. The molecule has 0 saturated heterocycles. The molecule has 0 radical (unpaired) electrons. The summed E-state index contributed by atoms with van der Waals surface area (Å²) in [4.78, 5) is 27.1. The van der Waals surface area contributed by atoms with Crippen molar-refractivity contribution in [1.82, 2.24) is 29.6 Å². The number of hydrogen-bond acceptors (Lipinski definition) is 7. The Hall–Kier alpha value is -4.03. The summed E-state index contributed by atoms with van der Waals surface area (Å²) < 4.78 is 3.34. The normalized spacial score (nSPS) is 17.4. The van der Waals surface area contributed by atoms with E-state index in [1.807, 2.05) is 31.2 Å². The highest BCUT2D eigenvalue weighted by molar-refractivity contribution is 5.77. The van der Waals surface area contributed by atoms with Crippen molar-refractivity contribution in [1.29, 1.82) is 5.26 Å². The maximum absolute atomic E-state index is 13.1. The number of pyridine rings is 1. The van der Waals surface area contributed by atoms with Gasteiger partial charge in [-0.2, -0.15) is 10.2 Å². The Bertz CT molecular complexity index is 1600. The van der Waals surface area contributed by atoms with Gasteiger partial charge in [-0.25, -0.2) is 19.3 Å². The lowest BCUT2D eigenvalue weighted by molar-refractivity contribution is 0.435. The zero-order valence-electron chi connectivity index (χ0n) is 20.7. The average Bonchev–Trinajstić information content (AvgIpc) is 3.63. The van der Waals surface area contributed by atoms with E-state index in [1.165, 1.54) is 11.1 Å². The van der Waals surface area contributed by atoms with Gasteiger partial charge in [-0.05, 0) is 55.2 Å². The smallest absolute Gasteiger partial charge is 0.278 e. The number of nitrogens with zero attached hydrogens (tertiary/aromatic N) is 6. The molecule has 0 atom stereocenters. The second-order valence-corrected chi connectivity index (χ2v) is 10.3. The average molecular weight is 481 g/mol. The minimum Gasteiger partial charge on any atom is -0.324 e. The molecule has 9 nitrogen and oxygen atoms in total. The fraction of sp³-hybridized carbons (Fsp3) is 0.370. The number of fused-ring (bicyclic) bond motifs is 2. The third kappa shape index (κ3) is 3.48. The maximum atomic E-state index is 13.1. The van der Waals surface area contributed by atoms with Crippen molar-refractivity contribution in [3.8, 4) is 11.9 Å². The highest BCUT2D eigenvalue weighted by atomic mass is 16.1. The van der Waals surface area contributed by atoms with E-state index in [0.29, 0.717) is 29.3 Å². The molecule has 0 amide bonds. The maximum Gasteiger partial charge on any atom is 0.278 e. The molecule has 0 unspecified atom stereocenters. The van der Waals surface area contributed by atoms with Crippen LogP contribution in [0.5, 0.6) is 0 Å². The molecule has 4 aromatic rings. The first-order chi connectivity index (χ1) is 17.3. The molecule has 2 aliphatic rings. The van der Waals surface area contributed by atoms with Gasteiger partial charge in [0.05, 0.1) is 17.2 Å². The van der Waals surface area contributed by atoms with E-state index in [4.69, 9.17) is 9.97 Å². The van der Waals surface area contributed by atoms with Crippen molar-refractivity contribution < 1.29 is 0 Å². The molecule has 1 aromatic carbocycles. The summed E-state index contributed by atoms with van der Waals surface area (Å²) in [5.41, 5.74) is 4.08. The molecule has 182 valence electrons. The third-order valence-corrected chi connectivity index (χ3v) is 7.35. The summed E-state index contributed by atoms with van der Waals surface area (Å²) in [5.74, 6) is 0.967. The molecule has 0 spiro atoms. The van der Waals surface area contributed by atoms with Crippen molar-refractivity contribution in [3.63, 3.8) is 0 Å². The van der Waals surface area contributed by atoms with Crippen LogP contribution in [0, 0.1) is 11.3 Å². The van der Waals surface area contributed by atoms with E-state index < -0.39 is 5.41 Å². The van der Waals surface area contributed by atoms with Gasteiger partial charge in [0.25, 0.3) is 5.56 Å². The number of nitrogens with one attached hydrogen (secondary N) is 2. The Morgan fingerprint density at radius 3 is 2.78 bits per heavy atom. The zero-order chi connectivity index (χ0) is 25.1. The lowest BCUT2D eigenvalue weighted by atomic mass is 9.79. The quantitative estimate of drug-likeness (QED) is 0.448. The molecule has 4 heterocycles. The largest absolute Gasteiger partial charge is 0.324 e. The van der Waals surface area contributed by atoms with Crippen molar-refractivity contribution in [2.24, 2.45) is 0 Å². The second-order valence-electron chi connectivity index (χ2n) is 10.3. The van der Waals surface area contributed by atoms with Crippen molar-refractivity contribution >= 4 is 22.7 Å². The molecule has 3 aromatic heterocycles. The number of benzene rings is 1. The van der Waals surface area contributed by atoms with Crippen LogP contribution in [-0.4, -0.2) is 30.9 Å². The van der Waals surface area contributed by atoms with E-state index in [2.05, 4.69) is 47.7 Å². The molecule has 1 aliphatic heterocycles. The summed E-state index contributed by atoms with van der Waals surface area (Å²) in [7, 11) is 0. The topological polar surface area (TPSA) is 113 Å². The van der Waals surface area contributed by atoms with Gasteiger partial charge in [0.15, 0.2) is 11.5 Å². The van der Waals surface area contributed by atoms with E-state index in [0.717, 1.165) is 37.3 Å². The minimum absolute atomic E-state index is 0.0762. The summed E-state index contributed by atoms with van der Waals surface area (Å²) >= 11 is 0. The van der Waals surface area contributed by atoms with Crippen LogP contribution in [0.1, 0.15) is 50.4 Å².